The van der Waals surface area contributed by atoms with Crippen molar-refractivity contribution in [2.45, 2.75) is 17.9 Å². The van der Waals surface area contributed by atoms with Crippen LogP contribution >= 0.6 is 15.9 Å². The van der Waals surface area contributed by atoms with Gasteiger partial charge in [-0.15, -0.1) is 0 Å². The van der Waals surface area contributed by atoms with Gasteiger partial charge in [-0.2, -0.15) is 0 Å². The number of sulfonamides is 1. The molecule has 1 heterocycles. The molecule has 0 saturated carbocycles. The van der Waals surface area contributed by atoms with Crippen molar-refractivity contribution >= 4 is 37.5 Å². The number of nitrogens with one attached hydrogen (secondary N) is 2. The van der Waals surface area contributed by atoms with Gasteiger partial charge in [-0.1, -0.05) is 0 Å². The first-order valence-electron chi connectivity index (χ1n) is 6.98. The molecular weight excluding hydrogens is 400 g/mol. The molecule has 2 N–H and O–H groups in total. The molecule has 0 aliphatic carbocycles. The van der Waals surface area contributed by atoms with Crippen molar-refractivity contribution in [1.82, 2.24) is 4.72 Å². The van der Waals surface area contributed by atoms with Crippen molar-refractivity contribution in [3.63, 3.8) is 0 Å². The second-order valence-electron chi connectivity index (χ2n) is 5.10. The van der Waals surface area contributed by atoms with Gasteiger partial charge in [0.15, 0.2) is 4.67 Å². The normalized spacial score (nSPS) is 12.8. The van der Waals surface area contributed by atoms with Crippen molar-refractivity contribution in [3.8, 4) is 0 Å². The van der Waals surface area contributed by atoms with Gasteiger partial charge in [-0.3, -0.25) is 4.79 Å². The SMILES string of the molecule is COC[C@H](C)NS(=O)(=O)c1ccc(NC(=O)c2coc(Br)c2)cc1. The van der Waals surface area contributed by atoms with E-state index in [2.05, 4.69) is 26.0 Å². The van der Waals surface area contributed by atoms with Crippen molar-refractivity contribution in [2.24, 2.45) is 0 Å². The summed E-state index contributed by atoms with van der Waals surface area (Å²) < 4.78 is 37.3. The summed E-state index contributed by atoms with van der Waals surface area (Å²) in [6.45, 7) is 1.98. The van der Waals surface area contributed by atoms with E-state index in [1.807, 2.05) is 0 Å². The highest BCUT2D eigenvalue weighted by Gasteiger charge is 2.17. The van der Waals surface area contributed by atoms with Gasteiger partial charge in [0.2, 0.25) is 10.0 Å². The minimum Gasteiger partial charge on any atom is -0.457 e. The van der Waals surface area contributed by atoms with Crippen LogP contribution in [0, 0.1) is 0 Å². The average molecular weight is 417 g/mol. The molecule has 24 heavy (non-hydrogen) atoms. The number of anilines is 1. The molecule has 0 aliphatic rings. The monoisotopic (exact) mass is 416 g/mol. The lowest BCUT2D eigenvalue weighted by molar-refractivity contribution is 0.102. The Hall–Kier alpha value is -1.68. The maximum absolute atomic E-state index is 12.2. The Morgan fingerprint density at radius 1 is 1.33 bits per heavy atom. The molecular formula is C15H17BrN2O5S. The van der Waals surface area contributed by atoms with Crippen LogP contribution in [0.4, 0.5) is 5.69 Å². The summed E-state index contributed by atoms with van der Waals surface area (Å²) in [6, 6.07) is 7.06. The largest absolute Gasteiger partial charge is 0.457 e. The van der Waals surface area contributed by atoms with Crippen molar-refractivity contribution in [3.05, 3.63) is 46.8 Å². The number of hydrogen-bond donors (Lipinski definition) is 2. The van der Waals surface area contributed by atoms with Crippen LogP contribution in [0.1, 0.15) is 17.3 Å². The van der Waals surface area contributed by atoms with Crippen molar-refractivity contribution < 1.29 is 22.4 Å². The van der Waals surface area contributed by atoms with E-state index in [4.69, 9.17) is 9.15 Å². The second kappa shape index (κ2) is 7.93. The van der Waals surface area contributed by atoms with Crippen LogP contribution in [0.3, 0.4) is 0 Å². The Morgan fingerprint density at radius 3 is 2.54 bits per heavy atom. The van der Waals surface area contributed by atoms with Gasteiger partial charge < -0.3 is 14.5 Å². The molecule has 7 nitrogen and oxygen atoms in total. The molecule has 0 aliphatic heterocycles. The lowest BCUT2D eigenvalue weighted by atomic mass is 10.3. The number of benzene rings is 1. The predicted octanol–water partition coefficient (Wildman–Crippen LogP) is 2.61. The molecule has 0 bridgehead atoms. The summed E-state index contributed by atoms with van der Waals surface area (Å²) in [5.74, 6) is -0.355. The van der Waals surface area contributed by atoms with Gasteiger partial charge in [-0.05, 0) is 47.1 Å². The minimum absolute atomic E-state index is 0.106. The summed E-state index contributed by atoms with van der Waals surface area (Å²) in [4.78, 5) is 12.1. The number of carbonyl (C=O) groups excluding carboxylic acids is 1. The third kappa shape index (κ3) is 4.91. The smallest absolute Gasteiger partial charge is 0.258 e. The fraction of sp³-hybridized carbons (Fsp3) is 0.267. The van der Waals surface area contributed by atoms with Gasteiger partial charge in [0.25, 0.3) is 5.91 Å². The van der Waals surface area contributed by atoms with E-state index in [1.54, 1.807) is 6.92 Å². The molecule has 0 fully saturated rings. The summed E-state index contributed by atoms with van der Waals surface area (Å²) in [5.41, 5.74) is 0.829. The van der Waals surface area contributed by atoms with Crippen LogP contribution in [0.15, 0.2) is 50.6 Å². The maximum Gasteiger partial charge on any atom is 0.258 e. The first-order valence-corrected chi connectivity index (χ1v) is 9.26. The van der Waals surface area contributed by atoms with Crippen molar-refractivity contribution in [1.29, 1.82) is 0 Å². The standard InChI is InChI=1S/C15H17BrN2O5S/c1-10(8-22-2)18-24(20,21)13-5-3-12(4-6-13)17-15(19)11-7-14(16)23-9-11/h3-7,9-10,18H,8H2,1-2H3,(H,17,19)/t10-/m0/s1. The number of hydrogen-bond acceptors (Lipinski definition) is 5. The highest BCUT2D eigenvalue weighted by atomic mass is 79.9. The molecule has 1 atom stereocenters. The molecule has 0 spiro atoms. The van der Waals surface area contributed by atoms with E-state index in [-0.39, 0.29) is 23.5 Å². The Labute approximate surface area is 148 Å². The van der Waals surface area contributed by atoms with Crippen LogP contribution in [-0.2, 0) is 14.8 Å². The Morgan fingerprint density at radius 2 is 2.00 bits per heavy atom. The van der Waals surface area contributed by atoms with E-state index in [0.717, 1.165) is 0 Å². The number of carbonyl (C=O) groups is 1. The summed E-state index contributed by atoms with van der Waals surface area (Å²) in [7, 11) is -2.14. The number of furan rings is 1. The quantitative estimate of drug-likeness (QED) is 0.722. The van der Waals surface area contributed by atoms with E-state index in [0.29, 0.717) is 15.9 Å². The highest BCUT2D eigenvalue weighted by Crippen LogP contribution is 2.18. The fourth-order valence-electron chi connectivity index (χ4n) is 1.97. The molecule has 1 aromatic carbocycles. The topological polar surface area (TPSA) is 97.6 Å². The number of rotatable bonds is 7. The van der Waals surface area contributed by atoms with E-state index in [9.17, 15) is 13.2 Å². The number of methoxy groups -OCH3 is 1. The molecule has 0 unspecified atom stereocenters. The second-order valence-corrected chi connectivity index (χ2v) is 7.59. The van der Waals surface area contributed by atoms with E-state index >= 15 is 0 Å². The van der Waals surface area contributed by atoms with Gasteiger partial charge in [0, 0.05) is 24.9 Å². The third-order valence-electron chi connectivity index (χ3n) is 3.03. The van der Waals surface area contributed by atoms with Crippen LogP contribution in [-0.4, -0.2) is 34.1 Å². The zero-order valence-electron chi connectivity index (χ0n) is 13.1. The predicted molar refractivity (Wildman–Crippen MR) is 92.5 cm³/mol. The molecule has 9 heteroatoms. The highest BCUT2D eigenvalue weighted by molar-refractivity contribution is 9.10. The van der Waals surface area contributed by atoms with Crippen LogP contribution in [0.5, 0.6) is 0 Å². The molecule has 1 amide bonds. The number of ether oxygens (including phenoxy) is 1. The number of amides is 1. The molecule has 0 radical (unpaired) electrons. The molecule has 130 valence electrons. The van der Waals surface area contributed by atoms with Crippen LogP contribution in [0.2, 0.25) is 0 Å². The Kier molecular flexibility index (Phi) is 6.16. The zero-order chi connectivity index (χ0) is 17.7. The van der Waals surface area contributed by atoms with Gasteiger partial charge in [-0.25, -0.2) is 13.1 Å². The Balaban J connectivity index is 2.06. The maximum atomic E-state index is 12.2. The van der Waals surface area contributed by atoms with Gasteiger partial charge >= 0.3 is 0 Å². The van der Waals surface area contributed by atoms with Gasteiger partial charge in [0.05, 0.1) is 17.1 Å². The molecule has 0 saturated heterocycles. The first-order chi connectivity index (χ1) is 11.3. The summed E-state index contributed by atoms with van der Waals surface area (Å²) in [6.07, 6.45) is 1.32. The molecule has 2 rings (SSSR count). The fourth-order valence-corrected chi connectivity index (χ4v) is 3.54. The average Bonchev–Trinajstić information content (AvgIpc) is 2.94. The molecule has 1 aromatic heterocycles. The van der Waals surface area contributed by atoms with Gasteiger partial charge in [0.1, 0.15) is 6.26 Å². The van der Waals surface area contributed by atoms with Crippen LogP contribution in [0.25, 0.3) is 0 Å². The van der Waals surface area contributed by atoms with E-state index in [1.165, 1.54) is 43.7 Å². The van der Waals surface area contributed by atoms with E-state index < -0.39 is 10.0 Å². The minimum atomic E-state index is -3.64. The number of halogens is 1. The van der Waals surface area contributed by atoms with Crippen molar-refractivity contribution in [2.75, 3.05) is 19.0 Å². The summed E-state index contributed by atoms with van der Waals surface area (Å²) >= 11 is 3.12. The Bertz CT molecular complexity index is 802. The lowest BCUT2D eigenvalue weighted by Crippen LogP contribution is -2.35. The first kappa shape index (κ1) is 18.7. The zero-order valence-corrected chi connectivity index (χ0v) is 15.5. The summed E-state index contributed by atoms with van der Waals surface area (Å²) in [5, 5.41) is 2.66. The van der Waals surface area contributed by atoms with Crippen LogP contribution < -0.4 is 10.0 Å². The third-order valence-corrected chi connectivity index (χ3v) is 5.05. The lowest BCUT2D eigenvalue weighted by Gasteiger charge is -2.13. The molecule has 2 aromatic rings.